The van der Waals surface area contributed by atoms with Crippen LogP contribution >= 0.6 is 0 Å². The Morgan fingerprint density at radius 3 is 2.57 bits per heavy atom. The van der Waals surface area contributed by atoms with Gasteiger partial charge in [0.2, 0.25) is 5.91 Å². The number of carbonyl (C=O) groups excluding carboxylic acids is 1. The summed E-state index contributed by atoms with van der Waals surface area (Å²) in [6.45, 7) is 0. The van der Waals surface area contributed by atoms with Crippen LogP contribution in [-0.2, 0) is 4.79 Å². The molecule has 2 aliphatic rings. The number of likely N-dealkylation sites (tertiary alicyclic amines) is 1. The highest BCUT2D eigenvalue weighted by Gasteiger charge is 2.36. The van der Waals surface area contributed by atoms with Crippen LogP contribution in [0.4, 0.5) is 0 Å². The van der Waals surface area contributed by atoms with E-state index in [4.69, 9.17) is 5.26 Å². The van der Waals surface area contributed by atoms with Gasteiger partial charge in [-0.2, -0.15) is 5.26 Å². The first-order valence-corrected chi connectivity index (χ1v) is 5.53. The molecular weight excluding hydrogens is 176 g/mol. The largest absolute Gasteiger partial charge is 0.324 e. The Morgan fingerprint density at radius 1 is 1.21 bits per heavy atom. The molecule has 2 rings (SSSR count). The molecule has 1 aliphatic carbocycles. The minimum Gasteiger partial charge on any atom is -0.324 e. The lowest BCUT2D eigenvalue weighted by atomic mass is 9.94. The van der Waals surface area contributed by atoms with Crippen molar-refractivity contribution in [2.45, 2.75) is 57.0 Å². The molecule has 0 aromatic carbocycles. The quantitative estimate of drug-likeness (QED) is 0.636. The first-order valence-electron chi connectivity index (χ1n) is 5.53. The monoisotopic (exact) mass is 192 g/mol. The number of nitriles is 1. The van der Waals surface area contributed by atoms with E-state index in [2.05, 4.69) is 6.07 Å². The number of hydrogen-bond donors (Lipinski definition) is 0. The van der Waals surface area contributed by atoms with Crippen molar-refractivity contribution in [2.24, 2.45) is 0 Å². The maximum absolute atomic E-state index is 11.6. The van der Waals surface area contributed by atoms with Crippen molar-refractivity contribution in [3.05, 3.63) is 0 Å². The molecule has 3 heteroatoms. The zero-order valence-corrected chi connectivity index (χ0v) is 8.41. The number of hydrogen-bond acceptors (Lipinski definition) is 2. The highest BCUT2D eigenvalue weighted by atomic mass is 16.2. The third-order valence-electron chi connectivity index (χ3n) is 3.37. The van der Waals surface area contributed by atoms with Crippen molar-refractivity contribution in [3.8, 4) is 6.07 Å². The van der Waals surface area contributed by atoms with Crippen LogP contribution in [0.15, 0.2) is 0 Å². The topological polar surface area (TPSA) is 44.1 Å². The Bertz CT molecular complexity index is 263. The molecular formula is C11H16N2O. The minimum absolute atomic E-state index is 0.134. The zero-order valence-electron chi connectivity index (χ0n) is 8.41. The van der Waals surface area contributed by atoms with Gasteiger partial charge in [-0.15, -0.1) is 0 Å². The molecule has 1 atom stereocenters. The van der Waals surface area contributed by atoms with E-state index in [9.17, 15) is 4.79 Å². The fourth-order valence-corrected chi connectivity index (χ4v) is 2.65. The summed E-state index contributed by atoms with van der Waals surface area (Å²) in [4.78, 5) is 13.5. The second kappa shape index (κ2) is 4.00. The lowest BCUT2D eigenvalue weighted by Gasteiger charge is -2.33. The maximum Gasteiger partial charge on any atom is 0.224 e. The van der Waals surface area contributed by atoms with Gasteiger partial charge in [-0.05, 0) is 19.3 Å². The van der Waals surface area contributed by atoms with E-state index in [0.29, 0.717) is 12.5 Å². The lowest BCUT2D eigenvalue weighted by Crippen LogP contribution is -2.42. The van der Waals surface area contributed by atoms with E-state index in [1.165, 1.54) is 19.3 Å². The highest BCUT2D eigenvalue weighted by Crippen LogP contribution is 2.29. The summed E-state index contributed by atoms with van der Waals surface area (Å²) in [6.07, 6.45) is 7.24. The van der Waals surface area contributed by atoms with Gasteiger partial charge in [0.1, 0.15) is 6.04 Å². The molecule has 3 nitrogen and oxygen atoms in total. The van der Waals surface area contributed by atoms with Crippen molar-refractivity contribution < 1.29 is 4.79 Å². The van der Waals surface area contributed by atoms with Gasteiger partial charge in [0.05, 0.1) is 6.07 Å². The van der Waals surface area contributed by atoms with Crippen LogP contribution < -0.4 is 0 Å². The van der Waals surface area contributed by atoms with E-state index in [1.807, 2.05) is 4.90 Å². The number of nitrogens with zero attached hydrogens (tertiary/aromatic N) is 2. The van der Waals surface area contributed by atoms with Crippen LogP contribution in [0.2, 0.25) is 0 Å². The number of amides is 1. The molecule has 0 spiro atoms. The van der Waals surface area contributed by atoms with E-state index in [0.717, 1.165) is 19.3 Å². The molecule has 1 heterocycles. The zero-order chi connectivity index (χ0) is 9.97. The minimum atomic E-state index is -0.134. The fraction of sp³-hybridized carbons (Fsp3) is 0.818. The lowest BCUT2D eigenvalue weighted by molar-refractivity contribution is -0.131. The SMILES string of the molecule is N#CC1CCC(=O)N1C1CCCCC1. The normalized spacial score (nSPS) is 29.2. The standard InChI is InChI=1S/C11H16N2O/c12-8-10-6-7-11(14)13(10)9-4-2-1-3-5-9/h9-10H,1-7H2. The summed E-state index contributed by atoms with van der Waals surface area (Å²) in [7, 11) is 0. The van der Waals surface area contributed by atoms with Crippen LogP contribution in [0.5, 0.6) is 0 Å². The molecule has 0 aromatic heterocycles. The van der Waals surface area contributed by atoms with E-state index in [-0.39, 0.29) is 11.9 Å². The summed E-state index contributed by atoms with van der Waals surface area (Å²) in [6, 6.07) is 2.48. The predicted molar refractivity (Wildman–Crippen MR) is 52.4 cm³/mol. The molecule has 1 aliphatic heterocycles. The van der Waals surface area contributed by atoms with Crippen molar-refractivity contribution in [1.82, 2.24) is 4.90 Å². The average Bonchev–Trinajstić information content (AvgIpc) is 2.61. The second-order valence-corrected chi connectivity index (χ2v) is 4.28. The third kappa shape index (κ3) is 1.61. The average molecular weight is 192 g/mol. The Labute approximate surface area is 84.7 Å². The van der Waals surface area contributed by atoms with Crippen LogP contribution in [0, 0.1) is 11.3 Å². The van der Waals surface area contributed by atoms with Gasteiger partial charge in [0.25, 0.3) is 0 Å². The summed E-state index contributed by atoms with van der Waals surface area (Å²) >= 11 is 0. The summed E-state index contributed by atoms with van der Waals surface area (Å²) < 4.78 is 0. The second-order valence-electron chi connectivity index (χ2n) is 4.28. The molecule has 1 saturated carbocycles. The molecule has 2 fully saturated rings. The highest BCUT2D eigenvalue weighted by molar-refractivity contribution is 5.79. The number of rotatable bonds is 1. The predicted octanol–water partition coefficient (Wildman–Crippen LogP) is 1.83. The smallest absolute Gasteiger partial charge is 0.224 e. The first-order chi connectivity index (χ1) is 6.83. The number of carbonyl (C=O) groups is 1. The van der Waals surface area contributed by atoms with Gasteiger partial charge in [0, 0.05) is 12.5 Å². The van der Waals surface area contributed by atoms with Crippen molar-refractivity contribution in [1.29, 1.82) is 5.26 Å². The van der Waals surface area contributed by atoms with Gasteiger partial charge < -0.3 is 4.90 Å². The molecule has 0 bridgehead atoms. The van der Waals surface area contributed by atoms with Gasteiger partial charge in [0.15, 0.2) is 0 Å². The maximum atomic E-state index is 11.6. The van der Waals surface area contributed by atoms with Crippen LogP contribution in [0.25, 0.3) is 0 Å². The molecule has 1 amide bonds. The molecule has 0 aromatic rings. The van der Waals surface area contributed by atoms with Crippen LogP contribution in [0.1, 0.15) is 44.9 Å². The fourth-order valence-electron chi connectivity index (χ4n) is 2.65. The van der Waals surface area contributed by atoms with Crippen molar-refractivity contribution >= 4 is 5.91 Å². The van der Waals surface area contributed by atoms with E-state index in [1.54, 1.807) is 0 Å². The van der Waals surface area contributed by atoms with Crippen LogP contribution in [-0.4, -0.2) is 22.9 Å². The Morgan fingerprint density at radius 2 is 1.93 bits per heavy atom. The first kappa shape index (κ1) is 9.51. The van der Waals surface area contributed by atoms with Crippen molar-refractivity contribution in [2.75, 3.05) is 0 Å². The Balaban J connectivity index is 2.06. The summed E-state index contributed by atoms with van der Waals surface area (Å²) in [5.41, 5.74) is 0. The Hall–Kier alpha value is -1.04. The van der Waals surface area contributed by atoms with Crippen LogP contribution in [0.3, 0.4) is 0 Å². The van der Waals surface area contributed by atoms with Gasteiger partial charge >= 0.3 is 0 Å². The molecule has 14 heavy (non-hydrogen) atoms. The molecule has 0 N–H and O–H groups in total. The molecule has 76 valence electrons. The van der Waals surface area contributed by atoms with E-state index < -0.39 is 0 Å². The molecule has 0 radical (unpaired) electrons. The van der Waals surface area contributed by atoms with Gasteiger partial charge in [-0.25, -0.2) is 0 Å². The van der Waals surface area contributed by atoms with Gasteiger partial charge in [-0.1, -0.05) is 19.3 Å². The summed E-state index contributed by atoms with van der Waals surface area (Å²) in [5.74, 6) is 0.198. The summed E-state index contributed by atoms with van der Waals surface area (Å²) in [5, 5.41) is 8.94. The van der Waals surface area contributed by atoms with Crippen molar-refractivity contribution in [3.63, 3.8) is 0 Å². The molecule has 1 unspecified atom stereocenters. The van der Waals surface area contributed by atoms with E-state index >= 15 is 0 Å². The third-order valence-corrected chi connectivity index (χ3v) is 3.37. The Kier molecular flexibility index (Phi) is 2.72. The molecule has 1 saturated heterocycles. The van der Waals surface area contributed by atoms with Gasteiger partial charge in [-0.3, -0.25) is 4.79 Å².